The van der Waals surface area contributed by atoms with Crippen molar-refractivity contribution >= 4 is 28.6 Å². The number of carbonyl (C=O) groups is 2. The standard InChI is InChI=1S/C21H17F2N5O3/c1-2-31-21(30)16-9-10-28(27-16)14-6-4-13(5-7-14)24-20(29)12-3-8-15-17(11-12)26-19(25-15)18(22)23/h3-11,18H,2H2,1H3,(H,24,29)(H,25,26). The van der Waals surface area contributed by atoms with Gasteiger partial charge >= 0.3 is 5.97 Å². The Morgan fingerprint density at radius 3 is 2.65 bits per heavy atom. The van der Waals surface area contributed by atoms with Gasteiger partial charge in [-0.1, -0.05) is 0 Å². The zero-order chi connectivity index (χ0) is 22.0. The fourth-order valence-corrected chi connectivity index (χ4v) is 2.96. The second-order valence-corrected chi connectivity index (χ2v) is 6.52. The summed E-state index contributed by atoms with van der Waals surface area (Å²) in [6.07, 6.45) is -1.08. The fourth-order valence-electron chi connectivity index (χ4n) is 2.96. The maximum atomic E-state index is 12.8. The van der Waals surface area contributed by atoms with Gasteiger partial charge in [-0.2, -0.15) is 5.10 Å². The number of nitrogens with one attached hydrogen (secondary N) is 2. The van der Waals surface area contributed by atoms with Crippen molar-refractivity contribution in [2.45, 2.75) is 13.3 Å². The van der Waals surface area contributed by atoms with Crippen LogP contribution in [-0.4, -0.2) is 38.2 Å². The SMILES string of the molecule is CCOC(=O)c1ccn(-c2ccc(NC(=O)c3ccc4nc(C(F)F)[nH]c4c3)cc2)n1. The molecular weight excluding hydrogens is 408 g/mol. The van der Waals surface area contributed by atoms with Crippen molar-refractivity contribution in [1.29, 1.82) is 0 Å². The van der Waals surface area contributed by atoms with Crippen LogP contribution in [0.4, 0.5) is 14.5 Å². The molecule has 0 saturated carbocycles. The second-order valence-electron chi connectivity index (χ2n) is 6.52. The first-order valence-corrected chi connectivity index (χ1v) is 9.37. The molecule has 10 heteroatoms. The van der Waals surface area contributed by atoms with Crippen molar-refractivity contribution in [3.8, 4) is 5.69 Å². The largest absolute Gasteiger partial charge is 0.461 e. The van der Waals surface area contributed by atoms with E-state index in [4.69, 9.17) is 4.74 Å². The van der Waals surface area contributed by atoms with Gasteiger partial charge in [-0.15, -0.1) is 0 Å². The molecule has 0 aliphatic carbocycles. The van der Waals surface area contributed by atoms with E-state index in [2.05, 4.69) is 20.4 Å². The summed E-state index contributed by atoms with van der Waals surface area (Å²) in [6.45, 7) is 1.98. The number of nitrogens with zero attached hydrogens (tertiary/aromatic N) is 3. The molecule has 0 saturated heterocycles. The Labute approximate surface area is 174 Å². The number of fused-ring (bicyclic) bond motifs is 1. The van der Waals surface area contributed by atoms with Crippen LogP contribution in [0.5, 0.6) is 0 Å². The molecule has 0 unspecified atom stereocenters. The van der Waals surface area contributed by atoms with Gasteiger partial charge in [0.25, 0.3) is 12.3 Å². The Morgan fingerprint density at radius 2 is 1.94 bits per heavy atom. The first-order chi connectivity index (χ1) is 14.9. The lowest BCUT2D eigenvalue weighted by molar-refractivity contribution is 0.0518. The van der Waals surface area contributed by atoms with E-state index in [-0.39, 0.29) is 12.3 Å². The second kappa shape index (κ2) is 8.34. The molecule has 0 aliphatic heterocycles. The highest BCUT2D eigenvalue weighted by Crippen LogP contribution is 2.21. The molecule has 2 heterocycles. The molecule has 2 aromatic heterocycles. The molecule has 0 bridgehead atoms. The van der Waals surface area contributed by atoms with Crippen LogP contribution in [-0.2, 0) is 4.74 Å². The number of H-pyrrole nitrogens is 1. The summed E-state index contributed by atoms with van der Waals surface area (Å²) in [7, 11) is 0. The molecule has 31 heavy (non-hydrogen) atoms. The Bertz CT molecular complexity index is 1250. The Hall–Kier alpha value is -4.08. The molecule has 2 N–H and O–H groups in total. The minimum Gasteiger partial charge on any atom is -0.461 e. The van der Waals surface area contributed by atoms with Crippen molar-refractivity contribution in [3.63, 3.8) is 0 Å². The lowest BCUT2D eigenvalue weighted by atomic mass is 10.2. The number of aromatic nitrogens is 4. The van der Waals surface area contributed by atoms with Crippen LogP contribution >= 0.6 is 0 Å². The summed E-state index contributed by atoms with van der Waals surface area (Å²) < 4.78 is 32.0. The highest BCUT2D eigenvalue weighted by atomic mass is 19.3. The molecule has 0 aliphatic rings. The van der Waals surface area contributed by atoms with E-state index < -0.39 is 24.1 Å². The van der Waals surface area contributed by atoms with Gasteiger partial charge in [0.05, 0.1) is 23.3 Å². The lowest BCUT2D eigenvalue weighted by Crippen LogP contribution is -2.11. The predicted octanol–water partition coefficient (Wildman–Crippen LogP) is 4.12. The van der Waals surface area contributed by atoms with Crippen LogP contribution in [0.2, 0.25) is 0 Å². The third-order valence-electron chi connectivity index (χ3n) is 4.43. The number of rotatable bonds is 6. The van der Waals surface area contributed by atoms with Crippen LogP contribution in [0.1, 0.15) is 40.0 Å². The Morgan fingerprint density at radius 1 is 1.16 bits per heavy atom. The molecule has 158 valence electrons. The zero-order valence-electron chi connectivity index (χ0n) is 16.3. The number of benzene rings is 2. The molecule has 4 rings (SSSR count). The number of esters is 1. The normalized spacial score (nSPS) is 11.1. The molecule has 2 aromatic carbocycles. The smallest absolute Gasteiger partial charge is 0.358 e. The maximum absolute atomic E-state index is 12.8. The van der Waals surface area contributed by atoms with Crippen LogP contribution in [0.3, 0.4) is 0 Å². The maximum Gasteiger partial charge on any atom is 0.358 e. The summed E-state index contributed by atoms with van der Waals surface area (Å²) in [6, 6.07) is 12.9. The third kappa shape index (κ3) is 4.27. The van der Waals surface area contributed by atoms with Crippen molar-refractivity contribution in [3.05, 3.63) is 71.8 Å². The number of hydrogen-bond donors (Lipinski definition) is 2. The number of carbonyl (C=O) groups excluding carboxylic acids is 2. The topological polar surface area (TPSA) is 102 Å². The van der Waals surface area contributed by atoms with Gasteiger partial charge in [-0.25, -0.2) is 23.2 Å². The number of hydrogen-bond acceptors (Lipinski definition) is 5. The molecule has 4 aromatic rings. The highest BCUT2D eigenvalue weighted by molar-refractivity contribution is 6.06. The summed E-state index contributed by atoms with van der Waals surface area (Å²) in [5, 5.41) is 6.92. The minimum absolute atomic E-state index is 0.198. The van der Waals surface area contributed by atoms with Crippen LogP contribution in [0.15, 0.2) is 54.7 Å². The van der Waals surface area contributed by atoms with E-state index in [0.717, 1.165) is 0 Å². The number of halogens is 2. The average molecular weight is 425 g/mol. The molecule has 0 fully saturated rings. The predicted molar refractivity (Wildman–Crippen MR) is 109 cm³/mol. The van der Waals surface area contributed by atoms with Gasteiger partial charge in [-0.3, -0.25) is 4.79 Å². The Kier molecular flexibility index (Phi) is 5.44. The third-order valence-corrected chi connectivity index (χ3v) is 4.43. The van der Waals surface area contributed by atoms with Crippen molar-refractivity contribution in [2.24, 2.45) is 0 Å². The van der Waals surface area contributed by atoms with E-state index >= 15 is 0 Å². The molecular formula is C21H17F2N5O3. The highest BCUT2D eigenvalue weighted by Gasteiger charge is 2.15. The van der Waals surface area contributed by atoms with Gasteiger partial charge in [0.1, 0.15) is 0 Å². The number of alkyl halides is 2. The molecule has 0 atom stereocenters. The van der Waals surface area contributed by atoms with E-state index in [1.54, 1.807) is 43.5 Å². The van der Waals surface area contributed by atoms with Crippen LogP contribution in [0.25, 0.3) is 16.7 Å². The van der Waals surface area contributed by atoms with Gasteiger partial charge in [0.15, 0.2) is 11.5 Å². The fraction of sp³-hybridized carbons (Fsp3) is 0.143. The van der Waals surface area contributed by atoms with Gasteiger partial charge in [0, 0.05) is 17.4 Å². The van der Waals surface area contributed by atoms with E-state index in [9.17, 15) is 18.4 Å². The minimum atomic E-state index is -2.72. The molecule has 0 radical (unpaired) electrons. The van der Waals surface area contributed by atoms with Gasteiger partial charge < -0.3 is 15.0 Å². The average Bonchev–Trinajstić information content (AvgIpc) is 3.41. The number of aromatic amines is 1. The monoisotopic (exact) mass is 425 g/mol. The molecule has 1 amide bonds. The summed E-state index contributed by atoms with van der Waals surface area (Å²) in [4.78, 5) is 30.6. The first-order valence-electron chi connectivity index (χ1n) is 9.37. The molecule has 8 nitrogen and oxygen atoms in total. The van der Waals surface area contributed by atoms with E-state index in [1.807, 2.05) is 0 Å². The Balaban J connectivity index is 1.47. The molecule has 0 spiro atoms. The summed E-state index contributed by atoms with van der Waals surface area (Å²) in [5.74, 6) is -1.33. The number of imidazole rings is 1. The first kappa shape index (κ1) is 20.2. The number of anilines is 1. The quantitative estimate of drug-likeness (QED) is 0.453. The number of ether oxygens (including phenoxy) is 1. The van der Waals surface area contributed by atoms with E-state index in [1.165, 1.54) is 22.9 Å². The van der Waals surface area contributed by atoms with Gasteiger partial charge in [0.2, 0.25) is 0 Å². The van der Waals surface area contributed by atoms with E-state index in [0.29, 0.717) is 28.0 Å². The zero-order valence-corrected chi connectivity index (χ0v) is 16.3. The lowest BCUT2D eigenvalue weighted by Gasteiger charge is -2.07. The summed E-state index contributed by atoms with van der Waals surface area (Å²) >= 11 is 0. The van der Waals surface area contributed by atoms with Crippen molar-refractivity contribution in [1.82, 2.24) is 19.7 Å². The number of amides is 1. The summed E-state index contributed by atoms with van der Waals surface area (Å²) in [5.41, 5.74) is 2.43. The van der Waals surface area contributed by atoms with Crippen LogP contribution in [0, 0.1) is 0 Å². The van der Waals surface area contributed by atoms with Crippen molar-refractivity contribution in [2.75, 3.05) is 11.9 Å². The van der Waals surface area contributed by atoms with Gasteiger partial charge in [-0.05, 0) is 55.5 Å². The van der Waals surface area contributed by atoms with Crippen molar-refractivity contribution < 1.29 is 23.1 Å². The van der Waals surface area contributed by atoms with Crippen LogP contribution < -0.4 is 5.32 Å².